The summed E-state index contributed by atoms with van der Waals surface area (Å²) in [6.45, 7) is 2.72. The summed E-state index contributed by atoms with van der Waals surface area (Å²) in [5, 5.41) is 5.54. The first-order valence-corrected chi connectivity index (χ1v) is 7.64. The van der Waals surface area contributed by atoms with E-state index >= 15 is 0 Å². The van der Waals surface area contributed by atoms with Gasteiger partial charge in [-0.1, -0.05) is 18.2 Å². The summed E-state index contributed by atoms with van der Waals surface area (Å²) in [5.41, 5.74) is 1.30. The quantitative estimate of drug-likeness (QED) is 0.823. The molecule has 0 aliphatic rings. The van der Waals surface area contributed by atoms with Gasteiger partial charge in [0.25, 0.3) is 0 Å². The number of hydrogen-bond acceptors (Lipinski definition) is 3. The third-order valence-electron chi connectivity index (χ3n) is 3.18. The molecule has 2 aromatic rings. The van der Waals surface area contributed by atoms with Crippen molar-refractivity contribution < 1.29 is 4.74 Å². The Labute approximate surface area is 119 Å². The smallest absolute Gasteiger partial charge is 0.119 e. The molecule has 102 valence electrons. The minimum absolute atomic E-state index is 0.377. The van der Waals surface area contributed by atoms with E-state index in [1.165, 1.54) is 10.4 Å². The van der Waals surface area contributed by atoms with Crippen molar-refractivity contribution >= 4 is 11.3 Å². The molecule has 3 heteroatoms. The van der Waals surface area contributed by atoms with Gasteiger partial charge < -0.3 is 10.1 Å². The standard InChI is InChI=1S/C16H21NOS/c1-3-18-14-7-4-6-13(12-14)16(17-2)10-9-15-8-5-11-19-15/h4-8,11-12,16-17H,3,9-10H2,1-2H3. The maximum absolute atomic E-state index is 5.57. The van der Waals surface area contributed by atoms with Crippen LogP contribution in [-0.2, 0) is 6.42 Å². The average molecular weight is 275 g/mol. The van der Waals surface area contributed by atoms with Crippen molar-refractivity contribution in [1.82, 2.24) is 5.32 Å². The van der Waals surface area contributed by atoms with Gasteiger partial charge in [0, 0.05) is 10.9 Å². The first-order chi connectivity index (χ1) is 9.33. The van der Waals surface area contributed by atoms with Gasteiger partial charge in [0.15, 0.2) is 0 Å². The molecule has 0 radical (unpaired) electrons. The highest BCUT2D eigenvalue weighted by Gasteiger charge is 2.10. The molecule has 0 saturated heterocycles. The fourth-order valence-electron chi connectivity index (χ4n) is 2.21. The maximum atomic E-state index is 5.57. The van der Waals surface area contributed by atoms with E-state index in [-0.39, 0.29) is 0 Å². The monoisotopic (exact) mass is 275 g/mol. The molecule has 1 heterocycles. The van der Waals surface area contributed by atoms with E-state index in [9.17, 15) is 0 Å². The zero-order valence-electron chi connectivity index (χ0n) is 11.6. The van der Waals surface area contributed by atoms with E-state index in [1.54, 1.807) is 0 Å². The van der Waals surface area contributed by atoms with Gasteiger partial charge in [0.2, 0.25) is 0 Å². The van der Waals surface area contributed by atoms with Gasteiger partial charge in [-0.25, -0.2) is 0 Å². The number of benzene rings is 1. The Morgan fingerprint density at radius 2 is 2.16 bits per heavy atom. The van der Waals surface area contributed by atoms with E-state index in [2.05, 4.69) is 41.0 Å². The lowest BCUT2D eigenvalue weighted by atomic mass is 10.0. The van der Waals surface area contributed by atoms with Crippen molar-refractivity contribution in [2.45, 2.75) is 25.8 Å². The number of ether oxygens (including phenoxy) is 1. The summed E-state index contributed by atoms with van der Waals surface area (Å²) >= 11 is 1.83. The second-order valence-corrected chi connectivity index (χ2v) is 5.50. The van der Waals surface area contributed by atoms with Crippen LogP contribution in [0.25, 0.3) is 0 Å². The lowest BCUT2D eigenvalue weighted by molar-refractivity contribution is 0.339. The van der Waals surface area contributed by atoms with Crippen molar-refractivity contribution in [3.63, 3.8) is 0 Å². The Kier molecular flexibility index (Phi) is 5.43. The Morgan fingerprint density at radius 3 is 2.84 bits per heavy atom. The van der Waals surface area contributed by atoms with E-state index < -0.39 is 0 Å². The number of nitrogens with one attached hydrogen (secondary N) is 1. The number of thiophene rings is 1. The van der Waals surface area contributed by atoms with E-state index in [0.29, 0.717) is 12.6 Å². The second-order valence-electron chi connectivity index (χ2n) is 4.46. The van der Waals surface area contributed by atoms with Gasteiger partial charge in [0.05, 0.1) is 6.61 Å². The van der Waals surface area contributed by atoms with E-state index in [0.717, 1.165) is 18.6 Å². The van der Waals surface area contributed by atoms with Crippen LogP contribution in [-0.4, -0.2) is 13.7 Å². The normalized spacial score (nSPS) is 12.3. The lowest BCUT2D eigenvalue weighted by Gasteiger charge is -2.17. The molecule has 1 N–H and O–H groups in total. The summed E-state index contributed by atoms with van der Waals surface area (Å²) in [5.74, 6) is 0.955. The molecule has 2 nitrogen and oxygen atoms in total. The summed E-state index contributed by atoms with van der Waals surface area (Å²) < 4.78 is 5.57. The van der Waals surface area contributed by atoms with Gasteiger partial charge in [-0.05, 0) is 56.0 Å². The molecule has 1 unspecified atom stereocenters. The molecule has 0 aliphatic heterocycles. The zero-order valence-corrected chi connectivity index (χ0v) is 12.4. The maximum Gasteiger partial charge on any atom is 0.119 e. The molecule has 1 atom stereocenters. The highest BCUT2D eigenvalue weighted by molar-refractivity contribution is 7.09. The minimum atomic E-state index is 0.377. The fourth-order valence-corrected chi connectivity index (χ4v) is 2.93. The molecule has 0 aliphatic carbocycles. The third-order valence-corrected chi connectivity index (χ3v) is 4.12. The van der Waals surface area contributed by atoms with Crippen LogP contribution in [0, 0.1) is 0 Å². The van der Waals surface area contributed by atoms with Crippen molar-refractivity contribution in [3.8, 4) is 5.75 Å². The van der Waals surface area contributed by atoms with E-state index in [4.69, 9.17) is 4.74 Å². The van der Waals surface area contributed by atoms with Gasteiger partial charge in [-0.15, -0.1) is 11.3 Å². The van der Waals surface area contributed by atoms with Crippen LogP contribution in [0.15, 0.2) is 41.8 Å². The molecule has 1 aromatic carbocycles. The fraction of sp³-hybridized carbons (Fsp3) is 0.375. The second kappa shape index (κ2) is 7.31. The van der Waals surface area contributed by atoms with Gasteiger partial charge >= 0.3 is 0 Å². The molecule has 2 rings (SSSR count). The summed E-state index contributed by atoms with van der Waals surface area (Å²) in [4.78, 5) is 1.45. The molecule has 0 saturated carbocycles. The van der Waals surface area contributed by atoms with E-state index in [1.807, 2.05) is 31.4 Å². The number of aryl methyl sites for hydroxylation is 1. The number of rotatable bonds is 7. The first kappa shape index (κ1) is 14.1. The Morgan fingerprint density at radius 1 is 1.26 bits per heavy atom. The van der Waals surface area contributed by atoms with Crippen LogP contribution in [0.2, 0.25) is 0 Å². The van der Waals surface area contributed by atoms with Crippen LogP contribution in [0.3, 0.4) is 0 Å². The first-order valence-electron chi connectivity index (χ1n) is 6.76. The van der Waals surface area contributed by atoms with Crippen LogP contribution in [0.1, 0.15) is 29.8 Å². The highest BCUT2D eigenvalue weighted by atomic mass is 32.1. The average Bonchev–Trinajstić information content (AvgIpc) is 2.94. The van der Waals surface area contributed by atoms with Crippen LogP contribution < -0.4 is 10.1 Å². The molecule has 0 fully saturated rings. The predicted octanol–water partition coefficient (Wildman–Crippen LogP) is 4.04. The van der Waals surface area contributed by atoms with Crippen molar-refractivity contribution in [2.75, 3.05) is 13.7 Å². The Bertz CT molecular complexity index is 481. The number of hydrogen-bond donors (Lipinski definition) is 1. The molecule has 0 bridgehead atoms. The minimum Gasteiger partial charge on any atom is -0.494 e. The highest BCUT2D eigenvalue weighted by Crippen LogP contribution is 2.24. The third kappa shape index (κ3) is 4.08. The molecule has 0 amide bonds. The van der Waals surface area contributed by atoms with Gasteiger partial charge in [-0.2, -0.15) is 0 Å². The topological polar surface area (TPSA) is 21.3 Å². The molecule has 19 heavy (non-hydrogen) atoms. The summed E-state index contributed by atoms with van der Waals surface area (Å²) in [6.07, 6.45) is 2.22. The predicted molar refractivity (Wildman–Crippen MR) is 82.1 cm³/mol. The van der Waals surface area contributed by atoms with Crippen molar-refractivity contribution in [2.24, 2.45) is 0 Å². The zero-order chi connectivity index (χ0) is 13.5. The molecule has 0 spiro atoms. The lowest BCUT2D eigenvalue weighted by Crippen LogP contribution is -2.17. The van der Waals surface area contributed by atoms with Gasteiger partial charge in [0.1, 0.15) is 5.75 Å². The van der Waals surface area contributed by atoms with Crippen molar-refractivity contribution in [3.05, 3.63) is 52.2 Å². The SMILES string of the molecule is CCOc1cccc(C(CCc2cccs2)NC)c1. The van der Waals surface area contributed by atoms with Crippen LogP contribution in [0.5, 0.6) is 5.75 Å². The summed E-state index contributed by atoms with van der Waals surface area (Å²) in [7, 11) is 2.02. The molecular weight excluding hydrogens is 254 g/mol. The Hall–Kier alpha value is -1.32. The largest absolute Gasteiger partial charge is 0.494 e. The molecular formula is C16H21NOS. The molecule has 1 aromatic heterocycles. The summed E-state index contributed by atoms with van der Waals surface area (Å²) in [6, 6.07) is 13.1. The van der Waals surface area contributed by atoms with Gasteiger partial charge in [-0.3, -0.25) is 0 Å². The van der Waals surface area contributed by atoms with Crippen molar-refractivity contribution in [1.29, 1.82) is 0 Å². The van der Waals surface area contributed by atoms with Crippen LogP contribution >= 0.6 is 11.3 Å². The Balaban J connectivity index is 2.01. The van der Waals surface area contributed by atoms with Crippen LogP contribution in [0.4, 0.5) is 0 Å².